The molecule has 4 heteroatoms. The van der Waals surface area contributed by atoms with Crippen LogP contribution in [0, 0.1) is 6.92 Å². The van der Waals surface area contributed by atoms with Crippen LogP contribution in [0.2, 0.25) is 0 Å². The molecule has 0 radical (unpaired) electrons. The lowest BCUT2D eigenvalue weighted by Crippen LogP contribution is -2.20. The molecule has 0 unspecified atom stereocenters. The van der Waals surface area contributed by atoms with Crippen LogP contribution >= 0.6 is 0 Å². The first kappa shape index (κ1) is 18.8. The van der Waals surface area contributed by atoms with Crippen LogP contribution in [-0.4, -0.2) is 31.6 Å². The molecule has 3 aromatic rings. The van der Waals surface area contributed by atoms with Crippen molar-refractivity contribution >= 4 is 11.0 Å². The van der Waals surface area contributed by atoms with Gasteiger partial charge in [0.1, 0.15) is 22.5 Å². The highest BCUT2D eigenvalue weighted by molar-refractivity contribution is 5.85. The van der Waals surface area contributed by atoms with E-state index < -0.39 is 0 Å². The summed E-state index contributed by atoms with van der Waals surface area (Å²) in [5.41, 5.74) is 3.72. The third-order valence-electron chi connectivity index (χ3n) is 5.54. The van der Waals surface area contributed by atoms with Crippen molar-refractivity contribution in [3.63, 3.8) is 0 Å². The van der Waals surface area contributed by atoms with Crippen molar-refractivity contribution in [1.29, 1.82) is 0 Å². The van der Waals surface area contributed by atoms with Gasteiger partial charge in [0.05, 0.1) is 7.11 Å². The third kappa shape index (κ3) is 3.97. The molecule has 0 amide bonds. The minimum absolute atomic E-state index is 0.0808. The van der Waals surface area contributed by atoms with Crippen molar-refractivity contribution in [2.45, 2.75) is 32.6 Å². The molecule has 1 aliphatic heterocycles. The number of benzene rings is 2. The van der Waals surface area contributed by atoms with Gasteiger partial charge in [-0.15, -0.1) is 0 Å². The standard InChI is InChI=1S/C24H27NO3/c1-17-14-22(27-2)24-20(26)16-21(28-23(24)15-17)19-9-7-18(8-10-19)6-5-13-25-11-3-4-12-25/h7-10,14-16H,3-6,11-13H2,1-2H3. The van der Waals surface area contributed by atoms with E-state index in [0.29, 0.717) is 22.5 Å². The predicted molar refractivity (Wildman–Crippen MR) is 113 cm³/mol. The van der Waals surface area contributed by atoms with Crippen molar-refractivity contribution in [1.82, 2.24) is 4.90 Å². The molecule has 0 bridgehead atoms. The highest BCUT2D eigenvalue weighted by atomic mass is 16.5. The van der Waals surface area contributed by atoms with Crippen LogP contribution in [0.25, 0.3) is 22.3 Å². The lowest BCUT2D eigenvalue weighted by molar-refractivity contribution is 0.334. The summed E-state index contributed by atoms with van der Waals surface area (Å²) in [5, 5.41) is 0.496. The number of nitrogens with zero attached hydrogens (tertiary/aromatic N) is 1. The second-order valence-corrected chi connectivity index (χ2v) is 7.66. The summed E-state index contributed by atoms with van der Waals surface area (Å²) in [6.07, 6.45) is 4.95. The topological polar surface area (TPSA) is 42.7 Å². The van der Waals surface area contributed by atoms with Crippen LogP contribution in [0.1, 0.15) is 30.4 Å². The lowest BCUT2D eigenvalue weighted by atomic mass is 10.0. The quantitative estimate of drug-likeness (QED) is 0.618. The zero-order chi connectivity index (χ0) is 19.5. The molecule has 0 aliphatic carbocycles. The Kier molecular flexibility index (Phi) is 5.49. The third-order valence-corrected chi connectivity index (χ3v) is 5.54. The minimum Gasteiger partial charge on any atom is -0.496 e. The molecule has 0 N–H and O–H groups in total. The van der Waals surface area contributed by atoms with Crippen LogP contribution in [0.15, 0.2) is 51.7 Å². The van der Waals surface area contributed by atoms with Crippen LogP contribution in [-0.2, 0) is 6.42 Å². The number of ether oxygens (including phenoxy) is 1. The van der Waals surface area contributed by atoms with Crippen molar-refractivity contribution in [3.05, 3.63) is 63.8 Å². The second kappa shape index (κ2) is 8.19. The van der Waals surface area contributed by atoms with Gasteiger partial charge >= 0.3 is 0 Å². The van der Waals surface area contributed by atoms with Crippen LogP contribution in [0.4, 0.5) is 0 Å². The van der Waals surface area contributed by atoms with E-state index in [1.165, 1.54) is 44.5 Å². The summed E-state index contributed by atoms with van der Waals surface area (Å²) in [7, 11) is 1.57. The molecule has 2 heterocycles. The monoisotopic (exact) mass is 377 g/mol. The van der Waals surface area contributed by atoms with Gasteiger partial charge in [0.2, 0.25) is 0 Å². The van der Waals surface area contributed by atoms with Crippen LogP contribution < -0.4 is 10.2 Å². The average molecular weight is 377 g/mol. The van der Waals surface area contributed by atoms with Gasteiger partial charge in [0.25, 0.3) is 0 Å². The normalized spacial score (nSPS) is 14.6. The fourth-order valence-corrected chi connectivity index (χ4v) is 4.04. The molecular weight excluding hydrogens is 350 g/mol. The Balaban J connectivity index is 1.53. The number of hydrogen-bond acceptors (Lipinski definition) is 4. The largest absolute Gasteiger partial charge is 0.496 e. The molecule has 1 aromatic heterocycles. The maximum atomic E-state index is 12.7. The van der Waals surface area contributed by atoms with Crippen molar-refractivity contribution in [3.8, 4) is 17.1 Å². The Morgan fingerprint density at radius 1 is 1.07 bits per heavy atom. The van der Waals surface area contributed by atoms with Crippen LogP contribution in [0.3, 0.4) is 0 Å². The van der Waals surface area contributed by atoms with Gasteiger partial charge < -0.3 is 14.1 Å². The summed E-state index contributed by atoms with van der Waals surface area (Å²) in [5.74, 6) is 1.15. The van der Waals surface area contributed by atoms with E-state index >= 15 is 0 Å². The first-order valence-corrected chi connectivity index (χ1v) is 10.1. The van der Waals surface area contributed by atoms with Crippen LogP contribution in [0.5, 0.6) is 5.75 Å². The van der Waals surface area contributed by atoms with E-state index in [1.807, 2.05) is 31.2 Å². The van der Waals surface area contributed by atoms with Gasteiger partial charge in [-0.2, -0.15) is 0 Å². The van der Waals surface area contributed by atoms with Gasteiger partial charge in [-0.3, -0.25) is 4.79 Å². The van der Waals surface area contributed by atoms with Crippen molar-refractivity contribution in [2.75, 3.05) is 26.7 Å². The van der Waals surface area contributed by atoms with Gasteiger partial charge in [-0.05, 0) is 75.5 Å². The zero-order valence-corrected chi connectivity index (χ0v) is 16.7. The highest BCUT2D eigenvalue weighted by Crippen LogP contribution is 2.28. The molecule has 1 fully saturated rings. The molecule has 0 spiro atoms. The smallest absolute Gasteiger partial charge is 0.197 e. The summed E-state index contributed by atoms with van der Waals surface area (Å²) in [6.45, 7) is 5.66. The average Bonchev–Trinajstić information content (AvgIpc) is 3.21. The van der Waals surface area contributed by atoms with E-state index in [2.05, 4.69) is 17.0 Å². The first-order valence-electron chi connectivity index (χ1n) is 10.1. The fraction of sp³-hybridized carbons (Fsp3) is 0.375. The molecule has 1 saturated heterocycles. The number of methoxy groups -OCH3 is 1. The van der Waals surface area contributed by atoms with Gasteiger partial charge in [-0.25, -0.2) is 0 Å². The molecule has 0 saturated carbocycles. The maximum Gasteiger partial charge on any atom is 0.197 e. The van der Waals surface area contributed by atoms with E-state index in [4.69, 9.17) is 9.15 Å². The van der Waals surface area contributed by atoms with Gasteiger partial charge in [0, 0.05) is 11.6 Å². The SMILES string of the molecule is COc1cc(C)cc2oc(-c3ccc(CCCN4CCCC4)cc3)cc(=O)c12. The Labute approximate surface area is 165 Å². The highest BCUT2D eigenvalue weighted by Gasteiger charge is 2.13. The molecule has 0 atom stereocenters. The van der Waals surface area contributed by atoms with Crippen molar-refractivity contribution < 1.29 is 9.15 Å². The molecule has 4 rings (SSSR count). The molecule has 146 valence electrons. The van der Waals surface area contributed by atoms with E-state index in [9.17, 15) is 4.79 Å². The molecular formula is C24H27NO3. The molecule has 4 nitrogen and oxygen atoms in total. The second-order valence-electron chi connectivity index (χ2n) is 7.66. The fourth-order valence-electron chi connectivity index (χ4n) is 4.04. The number of hydrogen-bond donors (Lipinski definition) is 0. The molecule has 1 aliphatic rings. The maximum absolute atomic E-state index is 12.7. The Hall–Kier alpha value is -2.59. The Morgan fingerprint density at radius 2 is 1.82 bits per heavy atom. The number of likely N-dealkylation sites (tertiary alicyclic amines) is 1. The number of fused-ring (bicyclic) bond motifs is 1. The number of aryl methyl sites for hydroxylation is 2. The summed E-state index contributed by atoms with van der Waals surface area (Å²) in [6, 6.07) is 13.7. The zero-order valence-electron chi connectivity index (χ0n) is 16.7. The van der Waals surface area contributed by atoms with E-state index in [1.54, 1.807) is 13.2 Å². The summed E-state index contributed by atoms with van der Waals surface area (Å²) >= 11 is 0. The van der Waals surface area contributed by atoms with Gasteiger partial charge in [0.15, 0.2) is 5.43 Å². The first-order chi connectivity index (χ1) is 13.6. The van der Waals surface area contributed by atoms with E-state index in [-0.39, 0.29) is 5.43 Å². The van der Waals surface area contributed by atoms with E-state index in [0.717, 1.165) is 17.5 Å². The summed E-state index contributed by atoms with van der Waals surface area (Å²) < 4.78 is 11.4. The molecule has 28 heavy (non-hydrogen) atoms. The molecule has 2 aromatic carbocycles. The summed E-state index contributed by atoms with van der Waals surface area (Å²) in [4.78, 5) is 15.2. The van der Waals surface area contributed by atoms with Crippen molar-refractivity contribution in [2.24, 2.45) is 0 Å². The minimum atomic E-state index is -0.0808. The Morgan fingerprint density at radius 3 is 2.54 bits per heavy atom. The Bertz CT molecular complexity index is 1010. The van der Waals surface area contributed by atoms with Gasteiger partial charge in [-0.1, -0.05) is 24.3 Å². The predicted octanol–water partition coefficient (Wildman–Crippen LogP) is 4.81. The number of rotatable bonds is 6. The lowest BCUT2D eigenvalue weighted by Gasteiger charge is -2.14.